The van der Waals surface area contributed by atoms with Crippen molar-refractivity contribution in [3.05, 3.63) is 29.8 Å². The van der Waals surface area contributed by atoms with Gasteiger partial charge in [0.15, 0.2) is 5.96 Å². The normalized spacial score (nSPS) is 15.9. The molecule has 162 valence electrons. The fourth-order valence-electron chi connectivity index (χ4n) is 3.16. The molecular weight excluding hydrogens is 387 g/mol. The number of halogens is 3. The number of nitrogens with one attached hydrogen (secondary N) is 1. The van der Waals surface area contributed by atoms with Gasteiger partial charge in [-0.15, -0.1) is 13.2 Å². The van der Waals surface area contributed by atoms with Crippen molar-refractivity contribution in [3.8, 4) is 5.75 Å². The molecule has 0 bridgehead atoms. The third-order valence-electron chi connectivity index (χ3n) is 4.57. The predicted molar refractivity (Wildman–Crippen MR) is 104 cm³/mol. The van der Waals surface area contributed by atoms with Crippen molar-refractivity contribution in [2.75, 3.05) is 32.8 Å². The van der Waals surface area contributed by atoms with E-state index in [2.05, 4.69) is 19.9 Å². The van der Waals surface area contributed by atoms with Crippen LogP contribution in [0, 0.1) is 5.92 Å². The van der Waals surface area contributed by atoms with E-state index in [4.69, 9.17) is 4.74 Å². The lowest BCUT2D eigenvalue weighted by atomic mass is 9.97. The van der Waals surface area contributed by atoms with Crippen molar-refractivity contribution in [2.45, 2.75) is 39.5 Å². The van der Waals surface area contributed by atoms with Gasteiger partial charge in [-0.3, -0.25) is 9.79 Å². The zero-order valence-electron chi connectivity index (χ0n) is 16.8. The number of guanidine groups is 1. The number of likely N-dealkylation sites (tertiary alicyclic amines) is 1. The number of aliphatic imine (C=N–C) groups is 1. The van der Waals surface area contributed by atoms with Crippen LogP contribution in [0.1, 0.15) is 32.3 Å². The van der Waals surface area contributed by atoms with E-state index in [1.54, 1.807) is 19.1 Å². The molecule has 0 spiro atoms. The maximum atomic E-state index is 12.2. The van der Waals surface area contributed by atoms with Crippen molar-refractivity contribution in [1.29, 1.82) is 0 Å². The highest BCUT2D eigenvalue weighted by molar-refractivity contribution is 5.80. The Morgan fingerprint density at radius 2 is 1.86 bits per heavy atom. The average molecular weight is 415 g/mol. The lowest BCUT2D eigenvalue weighted by molar-refractivity contribution is -0.274. The van der Waals surface area contributed by atoms with Gasteiger partial charge in [0.05, 0.1) is 12.5 Å². The maximum absolute atomic E-state index is 12.2. The Kier molecular flexibility index (Phi) is 8.60. The number of piperidine rings is 1. The largest absolute Gasteiger partial charge is 0.573 e. The number of hydrogen-bond donors (Lipinski definition) is 1. The number of benzene rings is 1. The van der Waals surface area contributed by atoms with E-state index < -0.39 is 6.36 Å². The smallest absolute Gasteiger partial charge is 0.466 e. The summed E-state index contributed by atoms with van der Waals surface area (Å²) in [7, 11) is 0. The van der Waals surface area contributed by atoms with E-state index in [9.17, 15) is 18.0 Å². The molecule has 1 heterocycles. The first-order valence-corrected chi connectivity index (χ1v) is 9.87. The van der Waals surface area contributed by atoms with Gasteiger partial charge in [0.2, 0.25) is 0 Å². The van der Waals surface area contributed by atoms with Crippen molar-refractivity contribution >= 4 is 11.9 Å². The average Bonchev–Trinajstić information content (AvgIpc) is 2.68. The van der Waals surface area contributed by atoms with Crippen LogP contribution in [0.2, 0.25) is 0 Å². The number of nitrogens with zero attached hydrogens (tertiary/aromatic N) is 2. The monoisotopic (exact) mass is 415 g/mol. The molecule has 0 aliphatic carbocycles. The molecule has 1 aliphatic rings. The standard InChI is InChI=1S/C20H28F3N3O3/c1-3-24-19(26-13-10-16(11-14-26)18(27)28-4-2)25-12-9-15-5-7-17(8-6-15)29-20(21,22)23/h5-8,16H,3-4,9-14H2,1-2H3,(H,24,25). The summed E-state index contributed by atoms with van der Waals surface area (Å²) >= 11 is 0. The van der Waals surface area contributed by atoms with Crippen LogP contribution < -0.4 is 10.1 Å². The molecule has 0 atom stereocenters. The van der Waals surface area contributed by atoms with Crippen LogP contribution in [-0.2, 0) is 16.0 Å². The van der Waals surface area contributed by atoms with Crippen LogP contribution in [0.4, 0.5) is 13.2 Å². The first kappa shape index (κ1) is 22.8. The fraction of sp³-hybridized carbons (Fsp3) is 0.600. The third-order valence-corrected chi connectivity index (χ3v) is 4.57. The minimum Gasteiger partial charge on any atom is -0.466 e. The zero-order valence-corrected chi connectivity index (χ0v) is 16.8. The minimum atomic E-state index is -4.69. The van der Waals surface area contributed by atoms with Gasteiger partial charge in [-0.2, -0.15) is 0 Å². The van der Waals surface area contributed by atoms with Crippen LogP contribution in [0.25, 0.3) is 0 Å². The molecule has 1 N–H and O–H groups in total. The molecule has 1 aromatic rings. The summed E-state index contributed by atoms with van der Waals surface area (Å²) in [5.74, 6) is 0.355. The lowest BCUT2D eigenvalue weighted by Gasteiger charge is -2.33. The van der Waals surface area contributed by atoms with Gasteiger partial charge in [0, 0.05) is 26.2 Å². The molecule has 0 unspecified atom stereocenters. The van der Waals surface area contributed by atoms with Gasteiger partial charge in [0.25, 0.3) is 0 Å². The van der Waals surface area contributed by atoms with Gasteiger partial charge >= 0.3 is 12.3 Å². The number of esters is 1. The second-order valence-electron chi connectivity index (χ2n) is 6.69. The highest BCUT2D eigenvalue weighted by Crippen LogP contribution is 2.23. The van der Waals surface area contributed by atoms with E-state index in [-0.39, 0.29) is 17.6 Å². The molecule has 0 amide bonds. The molecule has 1 aliphatic heterocycles. The first-order chi connectivity index (χ1) is 13.8. The molecule has 6 nitrogen and oxygen atoms in total. The highest BCUT2D eigenvalue weighted by atomic mass is 19.4. The number of alkyl halides is 3. The summed E-state index contributed by atoms with van der Waals surface area (Å²) in [6.45, 7) is 6.85. The molecular formula is C20H28F3N3O3. The number of carbonyl (C=O) groups excluding carboxylic acids is 1. The summed E-state index contributed by atoms with van der Waals surface area (Å²) in [6, 6.07) is 5.82. The van der Waals surface area contributed by atoms with E-state index in [0.29, 0.717) is 19.6 Å². The first-order valence-electron chi connectivity index (χ1n) is 9.87. The van der Waals surface area contributed by atoms with Crippen LogP contribution in [0.15, 0.2) is 29.3 Å². The number of rotatable bonds is 7. The Morgan fingerprint density at radius 1 is 1.21 bits per heavy atom. The Labute approximate surface area is 169 Å². The number of ether oxygens (including phenoxy) is 2. The SMILES string of the molecule is CCNC(=NCCc1ccc(OC(F)(F)F)cc1)N1CCC(C(=O)OCC)CC1. The van der Waals surface area contributed by atoms with Gasteiger partial charge < -0.3 is 19.7 Å². The predicted octanol–water partition coefficient (Wildman–Crippen LogP) is 3.37. The van der Waals surface area contributed by atoms with E-state index in [0.717, 1.165) is 44.0 Å². The zero-order chi connectivity index (χ0) is 21.3. The second-order valence-corrected chi connectivity index (χ2v) is 6.69. The Bertz CT molecular complexity index is 670. The molecule has 2 rings (SSSR count). The van der Waals surface area contributed by atoms with Gasteiger partial charge in [-0.1, -0.05) is 12.1 Å². The van der Waals surface area contributed by atoms with Gasteiger partial charge in [0.1, 0.15) is 5.75 Å². The van der Waals surface area contributed by atoms with Crippen molar-refractivity contribution in [1.82, 2.24) is 10.2 Å². The topological polar surface area (TPSA) is 63.2 Å². The Balaban J connectivity index is 1.87. The van der Waals surface area contributed by atoms with E-state index in [1.807, 2.05) is 6.92 Å². The molecule has 1 fully saturated rings. The van der Waals surface area contributed by atoms with Crippen LogP contribution in [0.5, 0.6) is 5.75 Å². The Morgan fingerprint density at radius 3 is 2.41 bits per heavy atom. The second kappa shape index (κ2) is 10.9. The molecule has 1 saturated heterocycles. The number of hydrogen-bond acceptors (Lipinski definition) is 4. The molecule has 1 aromatic carbocycles. The van der Waals surface area contributed by atoms with Gasteiger partial charge in [-0.25, -0.2) is 0 Å². The summed E-state index contributed by atoms with van der Waals surface area (Å²) in [5.41, 5.74) is 0.875. The van der Waals surface area contributed by atoms with E-state index in [1.165, 1.54) is 12.1 Å². The highest BCUT2D eigenvalue weighted by Gasteiger charge is 2.31. The maximum Gasteiger partial charge on any atom is 0.573 e. The van der Waals surface area contributed by atoms with Crippen LogP contribution in [-0.4, -0.2) is 56.0 Å². The fourth-order valence-corrected chi connectivity index (χ4v) is 3.16. The molecule has 9 heteroatoms. The third kappa shape index (κ3) is 7.83. The Hall–Kier alpha value is -2.45. The lowest BCUT2D eigenvalue weighted by Crippen LogP contribution is -2.46. The summed E-state index contributed by atoms with van der Waals surface area (Å²) in [5, 5.41) is 3.26. The van der Waals surface area contributed by atoms with Gasteiger partial charge in [-0.05, 0) is 50.8 Å². The summed E-state index contributed by atoms with van der Waals surface area (Å²) in [6.07, 6.45) is -2.64. The molecule has 0 aromatic heterocycles. The summed E-state index contributed by atoms with van der Waals surface area (Å²) < 4.78 is 45.6. The van der Waals surface area contributed by atoms with Crippen LogP contribution >= 0.6 is 0 Å². The van der Waals surface area contributed by atoms with Crippen LogP contribution in [0.3, 0.4) is 0 Å². The quantitative estimate of drug-likeness (QED) is 0.420. The minimum absolute atomic E-state index is 0.0634. The summed E-state index contributed by atoms with van der Waals surface area (Å²) in [4.78, 5) is 18.6. The molecule has 29 heavy (non-hydrogen) atoms. The van der Waals surface area contributed by atoms with Crippen molar-refractivity contribution < 1.29 is 27.4 Å². The van der Waals surface area contributed by atoms with Crippen molar-refractivity contribution in [3.63, 3.8) is 0 Å². The van der Waals surface area contributed by atoms with Crippen molar-refractivity contribution in [2.24, 2.45) is 10.9 Å². The number of carbonyl (C=O) groups is 1. The molecule has 0 radical (unpaired) electrons. The van der Waals surface area contributed by atoms with E-state index >= 15 is 0 Å². The molecule has 0 saturated carbocycles.